The lowest BCUT2D eigenvalue weighted by atomic mass is 10.1. The smallest absolute Gasteiger partial charge is 0.302 e. The molecule has 0 spiro atoms. The van der Waals surface area contributed by atoms with E-state index in [4.69, 9.17) is 0 Å². The number of benzene rings is 1. The van der Waals surface area contributed by atoms with Crippen molar-refractivity contribution in [3.8, 4) is 11.8 Å². The van der Waals surface area contributed by atoms with Gasteiger partial charge in [0.25, 0.3) is 0 Å². The molecule has 0 N–H and O–H groups in total. The van der Waals surface area contributed by atoms with Gasteiger partial charge in [0.05, 0.1) is 12.0 Å². The zero-order valence-electron chi connectivity index (χ0n) is 7.94. The highest BCUT2D eigenvalue weighted by molar-refractivity contribution is 5.55. The van der Waals surface area contributed by atoms with Crippen LogP contribution in [0, 0.1) is 17.7 Å². The molecule has 0 aliphatic heterocycles. The third-order valence-electron chi connectivity index (χ3n) is 1.70. The van der Waals surface area contributed by atoms with Crippen LogP contribution in [0.25, 0.3) is 0 Å². The van der Waals surface area contributed by atoms with Gasteiger partial charge in [-0.2, -0.15) is 13.2 Å². The van der Waals surface area contributed by atoms with Crippen molar-refractivity contribution in [2.45, 2.75) is 12.6 Å². The van der Waals surface area contributed by atoms with Gasteiger partial charge in [-0.1, -0.05) is 11.8 Å². The molecule has 1 nitrogen and oxygen atoms in total. The van der Waals surface area contributed by atoms with Gasteiger partial charge in [0.2, 0.25) is 0 Å². The van der Waals surface area contributed by atoms with E-state index < -0.39 is 23.1 Å². The number of carbonyl (C=O) groups is 1. The lowest BCUT2D eigenvalue weighted by molar-refractivity contribution is -0.137. The van der Waals surface area contributed by atoms with E-state index >= 15 is 0 Å². The summed E-state index contributed by atoms with van der Waals surface area (Å²) < 4.78 is 50.0. The van der Waals surface area contributed by atoms with Crippen LogP contribution in [0.1, 0.15) is 17.5 Å². The van der Waals surface area contributed by atoms with Crippen molar-refractivity contribution >= 4 is 6.29 Å². The Kier molecular flexibility index (Phi) is 3.67. The van der Waals surface area contributed by atoms with Crippen LogP contribution in [0.15, 0.2) is 18.2 Å². The fourth-order valence-electron chi connectivity index (χ4n) is 1.06. The summed E-state index contributed by atoms with van der Waals surface area (Å²) in [5.74, 6) is 3.52. The Hall–Kier alpha value is -1.83. The minimum absolute atomic E-state index is 0.187. The first kappa shape index (κ1) is 12.2. The molecule has 0 saturated carbocycles. The molecule has 84 valence electrons. The van der Waals surface area contributed by atoms with Gasteiger partial charge in [-0.25, -0.2) is 4.39 Å². The van der Waals surface area contributed by atoms with E-state index in [0.29, 0.717) is 24.5 Å². The second kappa shape index (κ2) is 4.79. The molecule has 0 radical (unpaired) electrons. The summed E-state index contributed by atoms with van der Waals surface area (Å²) in [6, 6.07) is 2.04. The van der Waals surface area contributed by atoms with Crippen LogP contribution in [0.5, 0.6) is 0 Å². The molecule has 1 aromatic rings. The Morgan fingerprint density at radius 1 is 1.31 bits per heavy atom. The number of carbonyl (C=O) groups excluding carboxylic acids is 1. The predicted octanol–water partition coefficient (Wildman–Crippen LogP) is 2.79. The largest absolute Gasteiger partial charge is 0.417 e. The molecule has 0 saturated heterocycles. The minimum atomic E-state index is -4.58. The molecule has 0 bridgehead atoms. The summed E-state index contributed by atoms with van der Waals surface area (Å²) >= 11 is 0. The maximum atomic E-state index is 12.7. The van der Waals surface area contributed by atoms with Crippen molar-refractivity contribution < 1.29 is 22.4 Å². The highest BCUT2D eigenvalue weighted by Gasteiger charge is 2.33. The van der Waals surface area contributed by atoms with Crippen molar-refractivity contribution in [1.29, 1.82) is 0 Å². The van der Waals surface area contributed by atoms with Crippen molar-refractivity contribution in [3.63, 3.8) is 0 Å². The predicted molar refractivity (Wildman–Crippen MR) is 49.0 cm³/mol. The third-order valence-corrected chi connectivity index (χ3v) is 1.70. The van der Waals surface area contributed by atoms with Gasteiger partial charge in [0, 0.05) is 5.56 Å². The number of hydrogen-bond acceptors (Lipinski definition) is 1. The lowest BCUT2D eigenvalue weighted by Crippen LogP contribution is -2.07. The van der Waals surface area contributed by atoms with Crippen LogP contribution in [0.4, 0.5) is 17.6 Å². The van der Waals surface area contributed by atoms with E-state index in [-0.39, 0.29) is 6.42 Å². The van der Waals surface area contributed by atoms with E-state index in [1.165, 1.54) is 0 Å². The Morgan fingerprint density at radius 3 is 2.56 bits per heavy atom. The molecule has 16 heavy (non-hydrogen) atoms. The molecule has 0 atom stereocenters. The fourth-order valence-corrected chi connectivity index (χ4v) is 1.06. The van der Waals surface area contributed by atoms with Gasteiger partial charge in [-0.3, -0.25) is 0 Å². The molecule has 1 aromatic carbocycles. The number of alkyl halides is 3. The van der Waals surface area contributed by atoms with Crippen molar-refractivity contribution in [2.24, 2.45) is 0 Å². The molecular formula is C11H6F4O. The Morgan fingerprint density at radius 2 is 2.00 bits per heavy atom. The summed E-state index contributed by atoms with van der Waals surface area (Å²) in [4.78, 5) is 9.95. The zero-order chi connectivity index (χ0) is 12.2. The highest BCUT2D eigenvalue weighted by atomic mass is 19.4. The molecule has 0 unspecified atom stereocenters. The molecular weight excluding hydrogens is 224 g/mol. The van der Waals surface area contributed by atoms with Crippen LogP contribution in [-0.4, -0.2) is 6.29 Å². The SMILES string of the molecule is O=CCC#Cc1cc(F)ccc1C(F)(F)F. The summed E-state index contributed by atoms with van der Waals surface area (Å²) in [7, 11) is 0. The van der Waals surface area contributed by atoms with Crippen molar-refractivity contribution in [1.82, 2.24) is 0 Å². The van der Waals surface area contributed by atoms with E-state index in [1.54, 1.807) is 0 Å². The summed E-state index contributed by atoms with van der Waals surface area (Å²) in [5, 5.41) is 0. The quantitative estimate of drug-likeness (QED) is 0.412. The van der Waals surface area contributed by atoms with E-state index in [2.05, 4.69) is 11.8 Å². The van der Waals surface area contributed by atoms with Crippen LogP contribution in [0.3, 0.4) is 0 Å². The summed E-state index contributed by atoms with van der Waals surface area (Å²) in [5.41, 5.74) is -1.47. The Balaban J connectivity index is 3.20. The van der Waals surface area contributed by atoms with Crippen molar-refractivity contribution in [3.05, 3.63) is 35.1 Å². The second-order valence-corrected chi connectivity index (χ2v) is 2.86. The maximum Gasteiger partial charge on any atom is 0.417 e. The Labute approximate surface area is 89.1 Å². The molecule has 0 amide bonds. The topological polar surface area (TPSA) is 17.1 Å². The van der Waals surface area contributed by atoms with Gasteiger partial charge in [0.15, 0.2) is 0 Å². The fraction of sp³-hybridized carbons (Fsp3) is 0.182. The number of hydrogen-bond donors (Lipinski definition) is 0. The highest BCUT2D eigenvalue weighted by Crippen LogP contribution is 2.31. The monoisotopic (exact) mass is 230 g/mol. The van der Waals surface area contributed by atoms with Gasteiger partial charge >= 0.3 is 6.18 Å². The molecule has 0 aliphatic carbocycles. The number of rotatable bonds is 1. The van der Waals surface area contributed by atoms with Crippen LogP contribution in [-0.2, 0) is 11.0 Å². The minimum Gasteiger partial charge on any atom is -0.302 e. The van der Waals surface area contributed by atoms with Gasteiger partial charge in [-0.15, -0.1) is 0 Å². The normalized spacial score (nSPS) is 10.5. The zero-order valence-corrected chi connectivity index (χ0v) is 7.94. The van der Waals surface area contributed by atoms with Crippen LogP contribution in [0.2, 0.25) is 0 Å². The molecule has 0 aliphatic rings. The van der Waals surface area contributed by atoms with E-state index in [1.807, 2.05) is 0 Å². The molecule has 1 rings (SSSR count). The van der Waals surface area contributed by atoms with Gasteiger partial charge in [-0.05, 0) is 18.2 Å². The maximum absolute atomic E-state index is 12.7. The molecule has 0 aromatic heterocycles. The summed E-state index contributed by atoms with van der Waals surface area (Å²) in [6.07, 6.45) is -4.31. The van der Waals surface area contributed by atoms with Crippen LogP contribution >= 0.6 is 0 Å². The van der Waals surface area contributed by atoms with Gasteiger partial charge in [0.1, 0.15) is 12.1 Å². The molecule has 5 heteroatoms. The van der Waals surface area contributed by atoms with E-state index in [9.17, 15) is 22.4 Å². The first-order valence-electron chi connectivity index (χ1n) is 4.24. The molecule has 0 heterocycles. The number of halogens is 4. The average molecular weight is 230 g/mol. The lowest BCUT2D eigenvalue weighted by Gasteiger charge is -2.08. The van der Waals surface area contributed by atoms with E-state index in [0.717, 1.165) is 0 Å². The van der Waals surface area contributed by atoms with Crippen LogP contribution < -0.4 is 0 Å². The first-order valence-corrected chi connectivity index (χ1v) is 4.24. The first-order chi connectivity index (χ1) is 7.45. The third kappa shape index (κ3) is 3.09. The average Bonchev–Trinajstić information content (AvgIpc) is 2.16. The standard InChI is InChI=1S/C11H6F4O/c12-9-4-5-10(11(13,14)15)8(7-9)3-1-2-6-16/h4-7H,2H2. The van der Waals surface area contributed by atoms with Gasteiger partial charge < -0.3 is 4.79 Å². The number of aldehydes is 1. The summed E-state index contributed by atoms with van der Waals surface area (Å²) in [6.45, 7) is 0. The second-order valence-electron chi connectivity index (χ2n) is 2.86. The molecule has 0 fully saturated rings. The van der Waals surface area contributed by atoms with Crippen molar-refractivity contribution in [2.75, 3.05) is 0 Å². The Bertz CT molecular complexity index is 451.